The van der Waals surface area contributed by atoms with Crippen molar-refractivity contribution in [1.29, 1.82) is 0 Å². The first kappa shape index (κ1) is 17.9. The lowest BCUT2D eigenvalue weighted by molar-refractivity contribution is 0.343. The van der Waals surface area contributed by atoms with Gasteiger partial charge in [-0.1, -0.05) is 56.3 Å². The molecule has 2 heteroatoms. The van der Waals surface area contributed by atoms with Crippen molar-refractivity contribution in [2.24, 2.45) is 4.99 Å². The number of hydrogen-bond acceptors (Lipinski definition) is 2. The lowest BCUT2D eigenvalue weighted by Gasteiger charge is -2.04. The van der Waals surface area contributed by atoms with E-state index in [1.807, 2.05) is 45.9 Å². The predicted octanol–water partition coefficient (Wildman–Crippen LogP) is 5.29. The topological polar surface area (TPSA) is 21.6 Å². The second kappa shape index (κ2) is 10.8. The Kier molecular flexibility index (Phi) is 9.67. The van der Waals surface area contributed by atoms with Crippen LogP contribution in [0.25, 0.3) is 0 Å². The van der Waals surface area contributed by atoms with Crippen molar-refractivity contribution in [2.45, 2.75) is 34.1 Å². The zero-order valence-corrected chi connectivity index (χ0v) is 13.0. The minimum absolute atomic E-state index is 0.468. The van der Waals surface area contributed by atoms with Crippen LogP contribution < -0.4 is 0 Å². The maximum Gasteiger partial charge on any atom is 0.217 e. The molecule has 1 aromatic carbocycles. The van der Waals surface area contributed by atoms with Crippen LogP contribution in [0.15, 0.2) is 71.3 Å². The van der Waals surface area contributed by atoms with Crippen LogP contribution >= 0.6 is 0 Å². The molecule has 1 aromatic rings. The number of allylic oxidation sites excluding steroid dienone is 3. The minimum Gasteiger partial charge on any atom is -0.447 e. The van der Waals surface area contributed by atoms with Crippen LogP contribution in [0.4, 0.5) is 0 Å². The summed E-state index contributed by atoms with van der Waals surface area (Å²) in [5.41, 5.74) is 3.26. The van der Waals surface area contributed by atoms with E-state index in [4.69, 9.17) is 4.74 Å². The fourth-order valence-corrected chi connectivity index (χ4v) is 1.45. The molecule has 20 heavy (non-hydrogen) atoms. The van der Waals surface area contributed by atoms with Crippen molar-refractivity contribution in [3.05, 3.63) is 71.8 Å². The summed E-state index contributed by atoms with van der Waals surface area (Å²) in [4.78, 5) is 3.79. The molecule has 0 heterocycles. The van der Waals surface area contributed by atoms with Crippen molar-refractivity contribution in [3.8, 4) is 0 Å². The van der Waals surface area contributed by atoms with Crippen molar-refractivity contribution >= 4 is 6.72 Å². The van der Waals surface area contributed by atoms with Gasteiger partial charge in [-0.25, -0.2) is 4.99 Å². The molecule has 0 spiro atoms. The summed E-state index contributed by atoms with van der Waals surface area (Å²) >= 11 is 0. The van der Waals surface area contributed by atoms with E-state index >= 15 is 0 Å². The van der Waals surface area contributed by atoms with Crippen molar-refractivity contribution < 1.29 is 4.74 Å². The summed E-state index contributed by atoms with van der Waals surface area (Å²) in [5, 5.41) is 0. The SMILES string of the molecule is C=N/C(=C\C(=C)C)O/C=C(\C)Cc1ccccc1.CC. The Hall–Kier alpha value is -2.09. The van der Waals surface area contributed by atoms with Gasteiger partial charge < -0.3 is 4.74 Å². The fourth-order valence-electron chi connectivity index (χ4n) is 1.45. The summed E-state index contributed by atoms with van der Waals surface area (Å²) in [6.07, 6.45) is 4.31. The van der Waals surface area contributed by atoms with Gasteiger partial charge in [0.2, 0.25) is 5.88 Å². The largest absolute Gasteiger partial charge is 0.447 e. The molecular weight excluding hydrogens is 246 g/mol. The van der Waals surface area contributed by atoms with Crippen molar-refractivity contribution in [1.82, 2.24) is 0 Å². The number of benzene rings is 1. The lowest BCUT2D eigenvalue weighted by Crippen LogP contribution is -1.89. The van der Waals surface area contributed by atoms with Crippen molar-refractivity contribution in [2.75, 3.05) is 0 Å². The van der Waals surface area contributed by atoms with Gasteiger partial charge in [0.25, 0.3) is 0 Å². The van der Waals surface area contributed by atoms with E-state index < -0.39 is 0 Å². The molecule has 108 valence electrons. The van der Waals surface area contributed by atoms with E-state index in [2.05, 4.69) is 30.4 Å². The molecule has 0 N–H and O–H groups in total. The normalized spacial score (nSPS) is 11.2. The average molecular weight is 271 g/mol. The van der Waals surface area contributed by atoms with Gasteiger partial charge in [-0.05, 0) is 38.1 Å². The molecule has 0 atom stereocenters. The van der Waals surface area contributed by atoms with Crippen LogP contribution in [-0.4, -0.2) is 6.72 Å². The average Bonchev–Trinajstić information content (AvgIpc) is 2.46. The van der Waals surface area contributed by atoms with Crippen LogP contribution in [0.2, 0.25) is 0 Å². The standard InChI is InChI=1S/C16H19NO.C2H6/c1-13(2)10-16(17-4)18-12-14(3)11-15-8-6-5-7-9-15;1-2/h5-10,12H,1,4,11H2,2-3H3;1-2H3/b14-12+,16-10+;. The number of hydrogen-bond donors (Lipinski definition) is 0. The fraction of sp³-hybridized carbons (Fsp3) is 0.278. The van der Waals surface area contributed by atoms with Crippen LogP contribution in [0.5, 0.6) is 0 Å². The van der Waals surface area contributed by atoms with Crippen LogP contribution in [-0.2, 0) is 11.2 Å². The molecule has 0 saturated heterocycles. The molecule has 0 saturated carbocycles. The molecule has 0 aromatic heterocycles. The highest BCUT2D eigenvalue weighted by atomic mass is 16.5. The molecule has 0 aliphatic carbocycles. The molecule has 0 radical (unpaired) electrons. The minimum atomic E-state index is 0.468. The van der Waals surface area contributed by atoms with Crippen LogP contribution in [0, 0.1) is 0 Å². The molecule has 1 rings (SSSR count). The van der Waals surface area contributed by atoms with Crippen LogP contribution in [0.1, 0.15) is 33.3 Å². The molecular formula is C18H25NO. The Balaban J connectivity index is 0.00000172. The van der Waals surface area contributed by atoms with Gasteiger partial charge in [-0.2, -0.15) is 0 Å². The second-order valence-electron chi connectivity index (χ2n) is 4.23. The Morgan fingerprint density at radius 2 is 1.80 bits per heavy atom. The monoisotopic (exact) mass is 271 g/mol. The van der Waals surface area contributed by atoms with E-state index in [-0.39, 0.29) is 0 Å². The highest BCUT2D eigenvalue weighted by Gasteiger charge is 1.96. The highest BCUT2D eigenvalue weighted by Crippen LogP contribution is 2.10. The number of aliphatic imine (C=N–C) groups is 1. The van der Waals surface area contributed by atoms with Crippen LogP contribution in [0.3, 0.4) is 0 Å². The zero-order chi connectivity index (χ0) is 15.4. The number of nitrogens with zero attached hydrogens (tertiary/aromatic N) is 1. The molecule has 2 nitrogen and oxygen atoms in total. The van der Waals surface area contributed by atoms with E-state index in [1.54, 1.807) is 12.3 Å². The smallest absolute Gasteiger partial charge is 0.217 e. The summed E-state index contributed by atoms with van der Waals surface area (Å²) in [5.74, 6) is 0.468. The summed E-state index contributed by atoms with van der Waals surface area (Å²) < 4.78 is 5.45. The lowest BCUT2D eigenvalue weighted by atomic mass is 10.1. The van der Waals surface area contributed by atoms with Gasteiger partial charge in [0.15, 0.2) is 0 Å². The molecule has 0 aliphatic rings. The van der Waals surface area contributed by atoms with E-state index in [0.717, 1.165) is 17.6 Å². The molecule has 0 fully saturated rings. The molecule has 0 bridgehead atoms. The first-order valence-corrected chi connectivity index (χ1v) is 6.82. The van der Waals surface area contributed by atoms with Gasteiger partial charge in [-0.3, -0.25) is 0 Å². The quantitative estimate of drug-likeness (QED) is 0.391. The molecule has 0 aliphatic heterocycles. The maximum atomic E-state index is 5.45. The Morgan fingerprint density at radius 1 is 1.20 bits per heavy atom. The predicted molar refractivity (Wildman–Crippen MR) is 88.8 cm³/mol. The van der Waals surface area contributed by atoms with Gasteiger partial charge >= 0.3 is 0 Å². The number of ether oxygens (including phenoxy) is 1. The van der Waals surface area contributed by atoms with E-state index in [1.165, 1.54) is 5.56 Å². The third kappa shape index (κ3) is 8.09. The van der Waals surface area contributed by atoms with Gasteiger partial charge in [0, 0.05) is 6.08 Å². The van der Waals surface area contributed by atoms with Gasteiger partial charge in [0.1, 0.15) is 0 Å². The summed E-state index contributed by atoms with van der Waals surface area (Å²) in [6.45, 7) is 15.1. The first-order chi connectivity index (χ1) is 9.61. The number of rotatable bonds is 6. The Morgan fingerprint density at radius 3 is 2.30 bits per heavy atom. The Labute approximate surface area is 123 Å². The van der Waals surface area contributed by atoms with E-state index in [9.17, 15) is 0 Å². The summed E-state index contributed by atoms with van der Waals surface area (Å²) in [6, 6.07) is 10.2. The highest BCUT2D eigenvalue weighted by molar-refractivity contribution is 5.29. The van der Waals surface area contributed by atoms with Crippen molar-refractivity contribution in [3.63, 3.8) is 0 Å². The third-order valence-electron chi connectivity index (χ3n) is 2.23. The summed E-state index contributed by atoms with van der Waals surface area (Å²) in [7, 11) is 0. The molecule has 0 amide bonds. The van der Waals surface area contributed by atoms with E-state index in [0.29, 0.717) is 5.88 Å². The Bertz CT molecular complexity index is 469. The maximum absolute atomic E-state index is 5.45. The second-order valence-corrected chi connectivity index (χ2v) is 4.23. The zero-order valence-electron chi connectivity index (χ0n) is 13.0. The first-order valence-electron chi connectivity index (χ1n) is 6.82. The molecule has 0 unspecified atom stereocenters. The van der Waals surface area contributed by atoms with Gasteiger partial charge in [0.05, 0.1) is 6.26 Å². The third-order valence-corrected chi connectivity index (χ3v) is 2.23. The van der Waals surface area contributed by atoms with Gasteiger partial charge in [-0.15, -0.1) is 0 Å².